The molecule has 0 fully saturated rings. The second-order valence-corrected chi connectivity index (χ2v) is 4.36. The normalized spacial score (nSPS) is 10.6. The number of unbranched alkanes of at least 4 members (excludes halogenated alkanes) is 4. The second kappa shape index (κ2) is 6.40. The summed E-state index contributed by atoms with van der Waals surface area (Å²) in [5.41, 5.74) is 0. The molecule has 0 saturated heterocycles. The highest BCUT2D eigenvalue weighted by Crippen LogP contribution is 2.09. The third-order valence-corrected chi connectivity index (χ3v) is 3.05. The first-order chi connectivity index (χ1) is 6.34. The molecule has 0 aliphatic carbocycles. The van der Waals surface area contributed by atoms with Crippen LogP contribution in [0.1, 0.15) is 44.9 Å². The van der Waals surface area contributed by atoms with E-state index in [4.69, 9.17) is 0 Å². The lowest BCUT2D eigenvalue weighted by molar-refractivity contribution is 0.624. The Bertz CT molecular complexity index is 233. The largest absolute Gasteiger partial charge is 0.276 e. The molecule has 0 aliphatic heterocycles. The third-order valence-electron chi connectivity index (χ3n) is 2.17. The van der Waals surface area contributed by atoms with Crippen molar-refractivity contribution in [1.29, 1.82) is 0 Å². The predicted molar refractivity (Wildman–Crippen MR) is 64.1 cm³/mol. The minimum absolute atomic E-state index is 1.12. The van der Waals surface area contributed by atoms with Crippen LogP contribution in [0.4, 0.5) is 0 Å². The first kappa shape index (κ1) is 11.0. The highest BCUT2D eigenvalue weighted by molar-refractivity contribution is 14.1. The summed E-state index contributed by atoms with van der Waals surface area (Å²) >= 11 is 2.28. The average molecular weight is 292 g/mol. The van der Waals surface area contributed by atoms with Crippen molar-refractivity contribution in [3.8, 4) is 0 Å². The molecule has 2 nitrogen and oxygen atoms in total. The van der Waals surface area contributed by atoms with Gasteiger partial charge in [-0.3, -0.25) is 2.78 Å². The van der Waals surface area contributed by atoms with Crippen LogP contribution in [0.5, 0.6) is 0 Å². The van der Waals surface area contributed by atoms with Crippen molar-refractivity contribution >= 4 is 22.9 Å². The SMILES string of the molecule is CCCCCCCc1nccn1I. The fourth-order valence-electron chi connectivity index (χ4n) is 1.38. The van der Waals surface area contributed by atoms with Crippen molar-refractivity contribution in [1.82, 2.24) is 7.76 Å². The van der Waals surface area contributed by atoms with Crippen LogP contribution in [0.15, 0.2) is 12.4 Å². The van der Waals surface area contributed by atoms with Gasteiger partial charge >= 0.3 is 0 Å². The number of nitrogens with zero attached hydrogens (tertiary/aromatic N) is 2. The summed E-state index contributed by atoms with van der Waals surface area (Å²) in [5.74, 6) is 1.21. The van der Waals surface area contributed by atoms with Crippen molar-refractivity contribution in [3.63, 3.8) is 0 Å². The van der Waals surface area contributed by atoms with Gasteiger partial charge in [0, 0.05) is 18.8 Å². The van der Waals surface area contributed by atoms with Crippen molar-refractivity contribution in [2.45, 2.75) is 45.4 Å². The number of hydrogen-bond donors (Lipinski definition) is 0. The number of halogens is 1. The minimum Gasteiger partial charge on any atom is -0.276 e. The van der Waals surface area contributed by atoms with E-state index in [1.807, 2.05) is 12.4 Å². The molecule has 1 aromatic rings. The minimum atomic E-state index is 1.12. The van der Waals surface area contributed by atoms with Crippen molar-refractivity contribution in [3.05, 3.63) is 18.2 Å². The first-order valence-electron chi connectivity index (χ1n) is 5.03. The zero-order valence-electron chi connectivity index (χ0n) is 8.17. The Labute approximate surface area is 94.2 Å². The topological polar surface area (TPSA) is 17.8 Å². The van der Waals surface area contributed by atoms with Gasteiger partial charge in [-0.25, -0.2) is 4.98 Å². The maximum Gasteiger partial charge on any atom is 0.117 e. The molecule has 0 aliphatic rings. The number of aromatic nitrogens is 2. The van der Waals surface area contributed by atoms with E-state index in [0.29, 0.717) is 0 Å². The zero-order valence-corrected chi connectivity index (χ0v) is 10.3. The number of hydrogen-bond acceptors (Lipinski definition) is 1. The molecule has 3 heteroatoms. The van der Waals surface area contributed by atoms with Crippen molar-refractivity contribution in [2.24, 2.45) is 0 Å². The van der Waals surface area contributed by atoms with Gasteiger partial charge in [0.05, 0.1) is 22.9 Å². The third kappa shape index (κ3) is 4.11. The maximum atomic E-state index is 4.29. The fourth-order valence-corrected chi connectivity index (χ4v) is 1.89. The highest BCUT2D eigenvalue weighted by Gasteiger charge is 1.98. The lowest BCUT2D eigenvalue weighted by Crippen LogP contribution is -1.92. The van der Waals surface area contributed by atoms with Gasteiger partial charge in [0.1, 0.15) is 5.82 Å². The Balaban J connectivity index is 2.10. The van der Waals surface area contributed by atoms with Crippen LogP contribution >= 0.6 is 22.9 Å². The van der Waals surface area contributed by atoms with E-state index in [1.165, 1.54) is 37.9 Å². The Hall–Kier alpha value is -0.0600. The Morgan fingerprint density at radius 2 is 2.08 bits per heavy atom. The van der Waals surface area contributed by atoms with E-state index in [0.717, 1.165) is 6.42 Å². The second-order valence-electron chi connectivity index (χ2n) is 3.32. The molecule has 0 aromatic carbocycles. The number of aryl methyl sites for hydroxylation is 1. The van der Waals surface area contributed by atoms with Crippen molar-refractivity contribution < 1.29 is 0 Å². The summed E-state index contributed by atoms with van der Waals surface area (Å²) in [6.07, 6.45) is 11.7. The fraction of sp³-hybridized carbons (Fsp3) is 0.700. The molecule has 74 valence electrons. The monoisotopic (exact) mass is 292 g/mol. The van der Waals surface area contributed by atoms with Crippen LogP contribution < -0.4 is 0 Å². The van der Waals surface area contributed by atoms with Gasteiger partial charge in [-0.1, -0.05) is 32.6 Å². The quantitative estimate of drug-likeness (QED) is 0.578. The smallest absolute Gasteiger partial charge is 0.117 e. The van der Waals surface area contributed by atoms with E-state index in [1.54, 1.807) is 0 Å². The molecule has 0 amide bonds. The van der Waals surface area contributed by atoms with E-state index in [-0.39, 0.29) is 0 Å². The lowest BCUT2D eigenvalue weighted by Gasteiger charge is -1.99. The Morgan fingerprint density at radius 1 is 1.31 bits per heavy atom. The van der Waals surface area contributed by atoms with Gasteiger partial charge in [-0.15, -0.1) is 0 Å². The van der Waals surface area contributed by atoms with E-state index in [9.17, 15) is 0 Å². The zero-order chi connectivity index (χ0) is 9.52. The standard InChI is InChI=1S/C10H17IN2/c1-2-3-4-5-6-7-10-12-8-9-13(10)11/h8-9H,2-7H2,1H3. The molecule has 0 unspecified atom stereocenters. The van der Waals surface area contributed by atoms with Crippen LogP contribution in [0.2, 0.25) is 0 Å². The van der Waals surface area contributed by atoms with E-state index in [2.05, 4.69) is 37.6 Å². The predicted octanol–water partition coefficient (Wildman–Crippen LogP) is 3.59. The molecular weight excluding hydrogens is 275 g/mol. The van der Waals surface area contributed by atoms with Gasteiger partial charge in [0.25, 0.3) is 0 Å². The Morgan fingerprint density at radius 3 is 2.69 bits per heavy atom. The summed E-state index contributed by atoms with van der Waals surface area (Å²) in [5, 5.41) is 0. The molecule has 0 saturated carbocycles. The molecule has 0 bridgehead atoms. The molecule has 1 heterocycles. The number of rotatable bonds is 6. The van der Waals surface area contributed by atoms with Gasteiger partial charge in [0.15, 0.2) is 0 Å². The number of imidazole rings is 1. The van der Waals surface area contributed by atoms with Gasteiger partial charge in [-0.2, -0.15) is 0 Å². The Kier molecular flexibility index (Phi) is 5.43. The van der Waals surface area contributed by atoms with Gasteiger partial charge < -0.3 is 0 Å². The highest BCUT2D eigenvalue weighted by atomic mass is 127. The summed E-state index contributed by atoms with van der Waals surface area (Å²) < 4.78 is 2.08. The van der Waals surface area contributed by atoms with Crippen LogP contribution in [0.25, 0.3) is 0 Å². The molecule has 0 N–H and O–H groups in total. The molecule has 0 spiro atoms. The molecule has 13 heavy (non-hydrogen) atoms. The molecule has 0 atom stereocenters. The molecule has 0 radical (unpaired) electrons. The van der Waals surface area contributed by atoms with Crippen LogP contribution in [0.3, 0.4) is 0 Å². The summed E-state index contributed by atoms with van der Waals surface area (Å²) in [4.78, 5) is 4.29. The summed E-state index contributed by atoms with van der Waals surface area (Å²) in [6.45, 7) is 2.25. The van der Waals surface area contributed by atoms with E-state index < -0.39 is 0 Å². The lowest BCUT2D eigenvalue weighted by atomic mass is 10.1. The van der Waals surface area contributed by atoms with Crippen LogP contribution in [-0.2, 0) is 6.42 Å². The van der Waals surface area contributed by atoms with Crippen molar-refractivity contribution in [2.75, 3.05) is 0 Å². The maximum absolute atomic E-state index is 4.29. The first-order valence-corrected chi connectivity index (χ1v) is 5.99. The van der Waals surface area contributed by atoms with E-state index >= 15 is 0 Å². The molecule has 1 rings (SSSR count). The van der Waals surface area contributed by atoms with Gasteiger partial charge in [-0.05, 0) is 6.42 Å². The summed E-state index contributed by atoms with van der Waals surface area (Å²) in [6, 6.07) is 0. The summed E-state index contributed by atoms with van der Waals surface area (Å²) in [7, 11) is 0. The van der Waals surface area contributed by atoms with Gasteiger partial charge in [0.2, 0.25) is 0 Å². The van der Waals surface area contributed by atoms with Crippen LogP contribution in [0, 0.1) is 0 Å². The molecule has 1 aromatic heterocycles. The average Bonchev–Trinajstić information content (AvgIpc) is 2.52. The van der Waals surface area contributed by atoms with Crippen LogP contribution in [-0.4, -0.2) is 7.76 Å². The molecular formula is C10H17IN2.